The van der Waals surface area contributed by atoms with Crippen molar-refractivity contribution in [3.8, 4) is 11.5 Å². The molecule has 0 unspecified atom stereocenters. The Hall–Kier alpha value is -2.49. The van der Waals surface area contributed by atoms with Crippen molar-refractivity contribution in [1.29, 1.82) is 0 Å². The maximum atomic E-state index is 8.63. The molecule has 0 radical (unpaired) electrons. The van der Waals surface area contributed by atoms with Gasteiger partial charge in [0.15, 0.2) is 11.5 Å². The highest BCUT2D eigenvalue weighted by atomic mass is 16.5. The maximum absolute atomic E-state index is 8.63. The Morgan fingerprint density at radius 2 is 1.77 bits per heavy atom. The second-order valence-corrected chi connectivity index (χ2v) is 4.38. The molecule has 0 heterocycles. The summed E-state index contributed by atoms with van der Waals surface area (Å²) in [5.74, 6) is 1.28. The smallest absolute Gasteiger partial charge is 0.161 e. The molecule has 0 aliphatic rings. The molecule has 2 aromatic carbocycles. The molecule has 0 aliphatic heterocycles. The van der Waals surface area contributed by atoms with E-state index in [1.165, 1.54) is 6.21 Å². The SMILES string of the molecule is CC.COc1cc(/C=N/O)c(C)cc1OCc1ccccc1. The first-order valence-corrected chi connectivity index (χ1v) is 7.27. The highest BCUT2D eigenvalue weighted by molar-refractivity contribution is 5.82. The second-order valence-electron chi connectivity index (χ2n) is 4.38. The van der Waals surface area contributed by atoms with Gasteiger partial charge in [-0.1, -0.05) is 49.3 Å². The number of oxime groups is 1. The van der Waals surface area contributed by atoms with E-state index in [2.05, 4.69) is 5.16 Å². The molecule has 0 amide bonds. The molecule has 0 saturated carbocycles. The van der Waals surface area contributed by atoms with E-state index < -0.39 is 0 Å². The number of benzene rings is 2. The van der Waals surface area contributed by atoms with Crippen LogP contribution in [0.25, 0.3) is 0 Å². The van der Waals surface area contributed by atoms with Crippen LogP contribution in [0.2, 0.25) is 0 Å². The number of aryl methyl sites for hydroxylation is 1. The molecule has 4 heteroatoms. The Balaban J connectivity index is 0.00000116. The van der Waals surface area contributed by atoms with Gasteiger partial charge in [0.25, 0.3) is 0 Å². The molecule has 1 N–H and O–H groups in total. The van der Waals surface area contributed by atoms with Crippen LogP contribution in [0.15, 0.2) is 47.6 Å². The van der Waals surface area contributed by atoms with Crippen LogP contribution in [0.1, 0.15) is 30.5 Å². The Labute approximate surface area is 132 Å². The van der Waals surface area contributed by atoms with Crippen molar-refractivity contribution in [2.45, 2.75) is 27.4 Å². The minimum atomic E-state index is 0.476. The molecule has 118 valence electrons. The first-order chi connectivity index (χ1) is 10.7. The van der Waals surface area contributed by atoms with Crippen LogP contribution in [0.3, 0.4) is 0 Å². The molecule has 4 nitrogen and oxygen atoms in total. The number of nitrogens with zero attached hydrogens (tertiary/aromatic N) is 1. The number of methoxy groups -OCH3 is 1. The molecule has 2 rings (SSSR count). The monoisotopic (exact) mass is 301 g/mol. The summed E-state index contributed by atoms with van der Waals surface area (Å²) in [5.41, 5.74) is 2.83. The quantitative estimate of drug-likeness (QED) is 0.505. The molecule has 2 aromatic rings. The molecule has 22 heavy (non-hydrogen) atoms. The number of hydrogen-bond donors (Lipinski definition) is 1. The zero-order chi connectivity index (χ0) is 16.4. The summed E-state index contributed by atoms with van der Waals surface area (Å²) in [6, 6.07) is 13.6. The predicted octanol–water partition coefficient (Wildman–Crippen LogP) is 4.42. The van der Waals surface area contributed by atoms with Gasteiger partial charge in [-0.3, -0.25) is 0 Å². The average Bonchev–Trinajstić information content (AvgIpc) is 2.58. The summed E-state index contributed by atoms with van der Waals surface area (Å²) in [6.07, 6.45) is 1.37. The van der Waals surface area contributed by atoms with Crippen molar-refractivity contribution >= 4 is 6.21 Å². The van der Waals surface area contributed by atoms with Crippen molar-refractivity contribution in [2.24, 2.45) is 5.16 Å². The van der Waals surface area contributed by atoms with Gasteiger partial charge in [0, 0.05) is 5.56 Å². The van der Waals surface area contributed by atoms with Crippen molar-refractivity contribution < 1.29 is 14.7 Å². The fourth-order valence-corrected chi connectivity index (χ4v) is 1.89. The van der Waals surface area contributed by atoms with Crippen LogP contribution < -0.4 is 9.47 Å². The standard InChI is InChI=1S/C16H17NO3.C2H6/c1-12-8-16(15(19-2)9-14(12)10-17-18)20-11-13-6-4-3-5-7-13;1-2/h3-10,18H,11H2,1-2H3;1-2H3/b17-10+;. The molecule has 0 fully saturated rings. The predicted molar refractivity (Wildman–Crippen MR) is 89.2 cm³/mol. The van der Waals surface area contributed by atoms with Crippen molar-refractivity contribution in [1.82, 2.24) is 0 Å². The third-order valence-corrected chi connectivity index (χ3v) is 2.99. The van der Waals surface area contributed by atoms with E-state index in [0.717, 1.165) is 16.7 Å². The van der Waals surface area contributed by atoms with Crippen molar-refractivity contribution in [3.63, 3.8) is 0 Å². The summed E-state index contributed by atoms with van der Waals surface area (Å²) in [5, 5.41) is 11.7. The molecule has 0 aliphatic carbocycles. The first kappa shape index (κ1) is 17.6. The van der Waals surface area contributed by atoms with Crippen LogP contribution in [0.5, 0.6) is 11.5 Å². The van der Waals surface area contributed by atoms with E-state index >= 15 is 0 Å². The van der Waals surface area contributed by atoms with Gasteiger partial charge in [0.1, 0.15) is 6.61 Å². The normalized spacial score (nSPS) is 10.0. The van der Waals surface area contributed by atoms with Gasteiger partial charge < -0.3 is 14.7 Å². The topological polar surface area (TPSA) is 51.0 Å². The van der Waals surface area contributed by atoms with E-state index in [1.54, 1.807) is 13.2 Å². The zero-order valence-electron chi connectivity index (χ0n) is 13.5. The lowest BCUT2D eigenvalue weighted by Crippen LogP contribution is -1.99. The highest BCUT2D eigenvalue weighted by Gasteiger charge is 2.08. The molecule has 0 aromatic heterocycles. The van der Waals surface area contributed by atoms with E-state index in [0.29, 0.717) is 18.1 Å². The highest BCUT2D eigenvalue weighted by Crippen LogP contribution is 2.30. The molecular weight excluding hydrogens is 278 g/mol. The Bertz CT molecular complexity index is 595. The Morgan fingerprint density at radius 1 is 1.09 bits per heavy atom. The van der Waals surface area contributed by atoms with E-state index in [4.69, 9.17) is 14.7 Å². The fraction of sp³-hybridized carbons (Fsp3) is 0.278. The van der Waals surface area contributed by atoms with Crippen LogP contribution in [0.4, 0.5) is 0 Å². The molecule has 0 atom stereocenters. The van der Waals surface area contributed by atoms with E-state index in [9.17, 15) is 0 Å². The summed E-state index contributed by atoms with van der Waals surface area (Å²) in [4.78, 5) is 0. The first-order valence-electron chi connectivity index (χ1n) is 7.27. The van der Waals surface area contributed by atoms with Gasteiger partial charge in [0.05, 0.1) is 13.3 Å². The van der Waals surface area contributed by atoms with Gasteiger partial charge in [-0.05, 0) is 30.2 Å². The van der Waals surface area contributed by atoms with E-state index in [-0.39, 0.29) is 0 Å². The zero-order valence-corrected chi connectivity index (χ0v) is 13.5. The third kappa shape index (κ3) is 4.81. The lowest BCUT2D eigenvalue weighted by Gasteiger charge is -2.13. The van der Waals surface area contributed by atoms with Crippen LogP contribution in [0, 0.1) is 6.92 Å². The number of ether oxygens (including phenoxy) is 2. The summed E-state index contributed by atoms with van der Waals surface area (Å²) in [7, 11) is 1.58. The van der Waals surface area contributed by atoms with Gasteiger partial charge >= 0.3 is 0 Å². The number of hydrogen-bond acceptors (Lipinski definition) is 4. The van der Waals surface area contributed by atoms with Gasteiger partial charge in [0.2, 0.25) is 0 Å². The third-order valence-electron chi connectivity index (χ3n) is 2.99. The lowest BCUT2D eigenvalue weighted by molar-refractivity contribution is 0.284. The molecule has 0 bridgehead atoms. The fourth-order valence-electron chi connectivity index (χ4n) is 1.89. The van der Waals surface area contributed by atoms with Crippen molar-refractivity contribution in [2.75, 3.05) is 7.11 Å². The molecule has 0 spiro atoms. The minimum Gasteiger partial charge on any atom is -0.493 e. The van der Waals surface area contributed by atoms with Crippen LogP contribution >= 0.6 is 0 Å². The van der Waals surface area contributed by atoms with Gasteiger partial charge in [-0.15, -0.1) is 0 Å². The van der Waals surface area contributed by atoms with E-state index in [1.807, 2.05) is 57.2 Å². The number of rotatable bonds is 5. The van der Waals surface area contributed by atoms with Crippen LogP contribution in [-0.2, 0) is 6.61 Å². The molecule has 0 saturated heterocycles. The second kappa shape index (κ2) is 9.45. The Kier molecular flexibility index (Phi) is 7.54. The minimum absolute atomic E-state index is 0.476. The largest absolute Gasteiger partial charge is 0.493 e. The average molecular weight is 301 g/mol. The van der Waals surface area contributed by atoms with Gasteiger partial charge in [-0.25, -0.2) is 0 Å². The summed E-state index contributed by atoms with van der Waals surface area (Å²) >= 11 is 0. The lowest BCUT2D eigenvalue weighted by atomic mass is 10.1. The van der Waals surface area contributed by atoms with Gasteiger partial charge in [-0.2, -0.15) is 0 Å². The summed E-state index contributed by atoms with van der Waals surface area (Å²) < 4.78 is 11.1. The van der Waals surface area contributed by atoms with Crippen molar-refractivity contribution in [3.05, 3.63) is 59.2 Å². The maximum Gasteiger partial charge on any atom is 0.161 e. The Morgan fingerprint density at radius 3 is 2.36 bits per heavy atom. The summed E-state index contributed by atoms with van der Waals surface area (Å²) in [6.45, 7) is 6.40. The van der Waals surface area contributed by atoms with Crippen LogP contribution in [-0.4, -0.2) is 18.5 Å². The molecular formula is C18H23NO3.